The summed E-state index contributed by atoms with van der Waals surface area (Å²) < 4.78 is 0. The largest absolute Gasteiger partial charge is 0.353 e. The van der Waals surface area contributed by atoms with E-state index in [0.29, 0.717) is 0 Å². The summed E-state index contributed by atoms with van der Waals surface area (Å²) >= 11 is 0. The van der Waals surface area contributed by atoms with Gasteiger partial charge in [0.05, 0.1) is 0 Å². The first-order valence-electron chi connectivity index (χ1n) is 11.3. The number of piperazine rings is 1. The molecule has 3 fully saturated rings. The van der Waals surface area contributed by atoms with E-state index in [1.807, 2.05) is 0 Å². The lowest BCUT2D eigenvalue weighted by Gasteiger charge is -2.44. The number of carbonyl (C=O) groups excluding carboxylic acids is 1. The van der Waals surface area contributed by atoms with Crippen LogP contribution in [0.3, 0.4) is 0 Å². The third-order valence-corrected chi connectivity index (χ3v) is 7.39. The van der Waals surface area contributed by atoms with Crippen molar-refractivity contribution in [3.63, 3.8) is 0 Å². The highest BCUT2D eigenvalue weighted by molar-refractivity contribution is 5.87. The van der Waals surface area contributed by atoms with Gasteiger partial charge >= 0.3 is 0 Å². The lowest BCUT2D eigenvalue weighted by Crippen LogP contribution is -2.63. The fraction of sp³-hybridized carbons (Fsp3) is 0.708. The van der Waals surface area contributed by atoms with E-state index in [-0.39, 0.29) is 11.4 Å². The molecule has 4 heteroatoms. The van der Waals surface area contributed by atoms with E-state index in [1.165, 1.54) is 61.0 Å². The number of hydrogen-bond donors (Lipinski definition) is 1. The van der Waals surface area contributed by atoms with Gasteiger partial charge in [-0.3, -0.25) is 14.6 Å². The van der Waals surface area contributed by atoms with Gasteiger partial charge in [0.25, 0.3) is 0 Å². The van der Waals surface area contributed by atoms with E-state index in [2.05, 4.69) is 48.0 Å². The first-order valence-corrected chi connectivity index (χ1v) is 11.3. The van der Waals surface area contributed by atoms with Gasteiger partial charge in [-0.25, -0.2) is 0 Å². The van der Waals surface area contributed by atoms with Crippen molar-refractivity contribution in [2.75, 3.05) is 26.2 Å². The van der Waals surface area contributed by atoms with Crippen LogP contribution in [-0.4, -0.2) is 47.4 Å². The Morgan fingerprint density at radius 3 is 2.50 bits per heavy atom. The SMILES string of the molecule is Cc1cc(CN2CCC[C@H](C)C2)c(C)c(CN2CCNC(=O)C23CCCC3)c1. The van der Waals surface area contributed by atoms with Gasteiger partial charge < -0.3 is 5.32 Å². The van der Waals surface area contributed by atoms with Crippen LogP contribution in [0.2, 0.25) is 0 Å². The van der Waals surface area contributed by atoms with Crippen molar-refractivity contribution in [3.05, 3.63) is 34.4 Å². The van der Waals surface area contributed by atoms with E-state index in [9.17, 15) is 4.79 Å². The average molecular weight is 384 g/mol. The minimum Gasteiger partial charge on any atom is -0.353 e. The average Bonchev–Trinajstić information content (AvgIpc) is 3.14. The molecule has 1 aromatic rings. The topological polar surface area (TPSA) is 35.6 Å². The molecule has 0 unspecified atom stereocenters. The zero-order valence-electron chi connectivity index (χ0n) is 18.0. The highest BCUT2D eigenvalue weighted by Crippen LogP contribution is 2.38. The Bertz CT molecular complexity index is 723. The number of nitrogens with zero attached hydrogens (tertiary/aromatic N) is 2. The molecule has 3 aliphatic rings. The highest BCUT2D eigenvalue weighted by atomic mass is 16.2. The molecule has 154 valence electrons. The molecule has 1 amide bonds. The molecule has 4 rings (SSSR count). The van der Waals surface area contributed by atoms with Crippen molar-refractivity contribution in [2.24, 2.45) is 5.92 Å². The van der Waals surface area contributed by atoms with Crippen LogP contribution in [-0.2, 0) is 17.9 Å². The van der Waals surface area contributed by atoms with Gasteiger partial charge in [0.2, 0.25) is 5.91 Å². The molecule has 1 saturated carbocycles. The molecule has 2 heterocycles. The Labute approximate surface area is 170 Å². The van der Waals surface area contributed by atoms with Gasteiger partial charge in [-0.05, 0) is 68.7 Å². The second-order valence-electron chi connectivity index (χ2n) is 9.61. The molecule has 4 nitrogen and oxygen atoms in total. The Morgan fingerprint density at radius 1 is 1.07 bits per heavy atom. The van der Waals surface area contributed by atoms with Gasteiger partial charge in [-0.15, -0.1) is 0 Å². The number of carbonyl (C=O) groups is 1. The van der Waals surface area contributed by atoms with Crippen LogP contribution in [0.1, 0.15) is 67.7 Å². The molecule has 1 aliphatic carbocycles. The minimum atomic E-state index is -0.253. The summed E-state index contributed by atoms with van der Waals surface area (Å²) in [7, 11) is 0. The van der Waals surface area contributed by atoms with Gasteiger partial charge in [-0.2, -0.15) is 0 Å². The van der Waals surface area contributed by atoms with E-state index in [1.54, 1.807) is 0 Å². The summed E-state index contributed by atoms with van der Waals surface area (Å²) in [6.45, 7) is 13.1. The Balaban J connectivity index is 1.56. The summed E-state index contributed by atoms with van der Waals surface area (Å²) in [5, 5.41) is 3.14. The maximum Gasteiger partial charge on any atom is 0.240 e. The van der Waals surface area contributed by atoms with Crippen LogP contribution >= 0.6 is 0 Å². The standard InChI is InChI=1S/C24H37N3O/c1-18-7-6-11-26(15-18)16-21-13-19(2)14-22(20(21)3)17-27-12-10-25-23(28)24(27)8-4-5-9-24/h13-14,18H,4-12,15-17H2,1-3H3,(H,25,28)/t18-/m0/s1. The maximum absolute atomic E-state index is 12.8. The summed E-state index contributed by atoms with van der Waals surface area (Å²) in [4.78, 5) is 17.9. The predicted molar refractivity (Wildman–Crippen MR) is 114 cm³/mol. The van der Waals surface area contributed by atoms with Crippen LogP contribution < -0.4 is 5.32 Å². The van der Waals surface area contributed by atoms with Crippen molar-refractivity contribution in [1.82, 2.24) is 15.1 Å². The van der Waals surface area contributed by atoms with Crippen LogP contribution in [0.4, 0.5) is 0 Å². The van der Waals surface area contributed by atoms with Crippen LogP contribution in [0, 0.1) is 19.8 Å². The first kappa shape index (κ1) is 19.9. The van der Waals surface area contributed by atoms with Crippen LogP contribution in [0.5, 0.6) is 0 Å². The smallest absolute Gasteiger partial charge is 0.240 e. The monoisotopic (exact) mass is 383 g/mol. The van der Waals surface area contributed by atoms with Crippen molar-refractivity contribution < 1.29 is 4.79 Å². The molecular formula is C24H37N3O. The van der Waals surface area contributed by atoms with Crippen LogP contribution in [0.25, 0.3) is 0 Å². The lowest BCUT2D eigenvalue weighted by molar-refractivity contribution is -0.137. The number of amides is 1. The molecular weight excluding hydrogens is 346 g/mol. The molecule has 1 atom stereocenters. The summed E-state index contributed by atoms with van der Waals surface area (Å²) in [5.41, 5.74) is 5.43. The molecule has 0 bridgehead atoms. The number of hydrogen-bond acceptors (Lipinski definition) is 3. The summed E-state index contributed by atoms with van der Waals surface area (Å²) in [6.07, 6.45) is 7.08. The van der Waals surface area contributed by atoms with Crippen molar-refractivity contribution >= 4 is 5.91 Å². The van der Waals surface area contributed by atoms with E-state index < -0.39 is 0 Å². The molecule has 1 N–H and O–H groups in total. The third kappa shape index (κ3) is 3.86. The second kappa shape index (κ2) is 8.16. The zero-order valence-corrected chi connectivity index (χ0v) is 18.0. The van der Waals surface area contributed by atoms with E-state index in [0.717, 1.165) is 44.9 Å². The number of rotatable bonds is 4. The molecule has 2 aliphatic heterocycles. The fourth-order valence-corrected chi connectivity index (χ4v) is 5.78. The van der Waals surface area contributed by atoms with Gasteiger partial charge in [-0.1, -0.05) is 37.5 Å². The summed E-state index contributed by atoms with van der Waals surface area (Å²) in [5.74, 6) is 1.08. The fourth-order valence-electron chi connectivity index (χ4n) is 5.78. The normalized spacial score (nSPS) is 26.0. The zero-order chi connectivity index (χ0) is 19.7. The number of nitrogens with one attached hydrogen (secondary N) is 1. The quantitative estimate of drug-likeness (QED) is 0.859. The number of benzene rings is 1. The van der Waals surface area contributed by atoms with Gasteiger partial charge in [0.1, 0.15) is 5.54 Å². The summed E-state index contributed by atoms with van der Waals surface area (Å²) in [6, 6.07) is 4.74. The molecule has 2 saturated heterocycles. The molecule has 0 radical (unpaired) electrons. The highest BCUT2D eigenvalue weighted by Gasteiger charge is 2.47. The predicted octanol–water partition coefficient (Wildman–Crippen LogP) is 3.78. The first-order chi connectivity index (χ1) is 13.5. The molecule has 1 spiro atoms. The number of aryl methyl sites for hydroxylation is 1. The molecule has 28 heavy (non-hydrogen) atoms. The van der Waals surface area contributed by atoms with E-state index in [4.69, 9.17) is 0 Å². The molecule has 0 aromatic heterocycles. The van der Waals surface area contributed by atoms with Crippen LogP contribution in [0.15, 0.2) is 12.1 Å². The Hall–Kier alpha value is -1.39. The number of likely N-dealkylation sites (tertiary alicyclic amines) is 1. The minimum absolute atomic E-state index is 0.253. The van der Waals surface area contributed by atoms with Crippen molar-refractivity contribution in [3.8, 4) is 0 Å². The van der Waals surface area contributed by atoms with Gasteiger partial charge in [0, 0.05) is 32.7 Å². The Kier molecular flexibility index (Phi) is 5.80. The Morgan fingerprint density at radius 2 is 1.79 bits per heavy atom. The molecule has 1 aromatic carbocycles. The van der Waals surface area contributed by atoms with Crippen molar-refractivity contribution in [1.29, 1.82) is 0 Å². The second-order valence-corrected chi connectivity index (χ2v) is 9.61. The lowest BCUT2D eigenvalue weighted by atomic mass is 9.89. The van der Waals surface area contributed by atoms with Crippen molar-refractivity contribution in [2.45, 2.75) is 77.9 Å². The number of piperidine rings is 1. The van der Waals surface area contributed by atoms with Gasteiger partial charge in [0.15, 0.2) is 0 Å². The maximum atomic E-state index is 12.8. The van der Waals surface area contributed by atoms with E-state index >= 15 is 0 Å². The third-order valence-electron chi connectivity index (χ3n) is 7.39.